The average molecular weight is 543 g/mol. The number of hydrogen-bond acceptors (Lipinski definition) is 5. The van der Waals surface area contributed by atoms with Crippen LogP contribution in [0.15, 0.2) is 28.7 Å². The maximum Gasteiger partial charge on any atom is 0.191 e. The lowest BCUT2D eigenvalue weighted by molar-refractivity contribution is 0.459. The molecule has 0 saturated carbocycles. The molecule has 3 rings (SSSR count). The minimum absolute atomic E-state index is 0. The summed E-state index contributed by atoms with van der Waals surface area (Å²) in [6, 6.07) is 4.69. The maximum atomic E-state index is 4.77. The summed E-state index contributed by atoms with van der Waals surface area (Å²) in [5.41, 5.74) is 2.49. The van der Waals surface area contributed by atoms with E-state index in [0.29, 0.717) is 6.04 Å². The first-order valence-electron chi connectivity index (χ1n) is 10.4. The Balaban J connectivity index is 0.00000320. The van der Waals surface area contributed by atoms with Gasteiger partial charge in [0.25, 0.3) is 0 Å². The number of anilines is 1. The molecule has 1 aliphatic rings. The van der Waals surface area contributed by atoms with E-state index >= 15 is 0 Å². The Morgan fingerprint density at radius 3 is 2.57 bits per heavy atom. The number of guanidine groups is 1. The molecule has 0 unspecified atom stereocenters. The number of aromatic nitrogens is 2. The first-order chi connectivity index (χ1) is 13.8. The largest absolute Gasteiger partial charge is 0.356 e. The Bertz CT molecular complexity index is 804. The molecule has 1 aliphatic heterocycles. The van der Waals surface area contributed by atoms with Crippen molar-refractivity contribution in [2.24, 2.45) is 4.99 Å². The van der Waals surface area contributed by atoms with Crippen molar-refractivity contribution in [3.63, 3.8) is 0 Å². The van der Waals surface area contributed by atoms with Crippen LogP contribution in [-0.4, -0.2) is 48.7 Å². The number of rotatable bonds is 5. The number of aryl methyl sites for hydroxylation is 1. The normalized spacial score (nSPS) is 15.6. The molecule has 0 aromatic carbocycles. The Hall–Kier alpha value is -1.42. The van der Waals surface area contributed by atoms with E-state index in [1.165, 1.54) is 16.3 Å². The van der Waals surface area contributed by atoms with Gasteiger partial charge in [0.2, 0.25) is 0 Å². The minimum atomic E-state index is 0. The van der Waals surface area contributed by atoms with Crippen LogP contribution in [0.5, 0.6) is 0 Å². The maximum absolute atomic E-state index is 4.77. The van der Waals surface area contributed by atoms with Gasteiger partial charge in [-0.1, -0.05) is 26.8 Å². The van der Waals surface area contributed by atoms with Crippen LogP contribution in [-0.2, 0) is 11.8 Å². The average Bonchev–Trinajstić information content (AvgIpc) is 3.18. The standard InChI is InChI=1S/C22H34N6S.HI/c1-16-6-7-19(25-14-16)28-12-9-17(10-13-28)26-21(23-5)24-11-8-20-27-18(15-29-20)22(2,3)4;/h6-7,14-15,17H,8-13H2,1-5H3,(H2,23,24,26);1H. The van der Waals surface area contributed by atoms with E-state index in [-0.39, 0.29) is 29.4 Å². The van der Waals surface area contributed by atoms with Crippen molar-refractivity contribution < 1.29 is 0 Å². The highest BCUT2D eigenvalue weighted by Crippen LogP contribution is 2.24. The number of nitrogens with zero attached hydrogens (tertiary/aromatic N) is 4. The van der Waals surface area contributed by atoms with Crippen molar-refractivity contribution in [2.75, 3.05) is 31.6 Å². The van der Waals surface area contributed by atoms with Gasteiger partial charge >= 0.3 is 0 Å². The summed E-state index contributed by atoms with van der Waals surface area (Å²) in [6.07, 6.45) is 5.02. The van der Waals surface area contributed by atoms with Crippen LogP contribution in [0, 0.1) is 6.92 Å². The van der Waals surface area contributed by atoms with Crippen molar-refractivity contribution in [3.05, 3.63) is 40.0 Å². The lowest BCUT2D eigenvalue weighted by Crippen LogP contribution is -2.49. The molecule has 8 heteroatoms. The summed E-state index contributed by atoms with van der Waals surface area (Å²) in [5, 5.41) is 10.4. The molecule has 0 radical (unpaired) electrons. The van der Waals surface area contributed by atoms with Crippen molar-refractivity contribution in [3.8, 4) is 0 Å². The summed E-state index contributed by atoms with van der Waals surface area (Å²) < 4.78 is 0. The number of pyridine rings is 1. The molecule has 2 aromatic heterocycles. The van der Waals surface area contributed by atoms with Gasteiger partial charge in [-0.15, -0.1) is 35.3 Å². The van der Waals surface area contributed by atoms with Gasteiger partial charge in [0, 0.05) is 56.1 Å². The second-order valence-corrected chi connectivity index (χ2v) is 9.67. The highest BCUT2D eigenvalue weighted by molar-refractivity contribution is 14.0. The number of piperidine rings is 1. The highest BCUT2D eigenvalue weighted by atomic mass is 127. The monoisotopic (exact) mass is 542 g/mol. The fourth-order valence-corrected chi connectivity index (χ4v) is 4.37. The molecule has 3 heterocycles. The number of nitrogens with one attached hydrogen (secondary N) is 2. The molecule has 166 valence electrons. The molecule has 1 fully saturated rings. The van der Waals surface area contributed by atoms with Gasteiger partial charge in [0.1, 0.15) is 5.82 Å². The molecule has 0 aliphatic carbocycles. The van der Waals surface area contributed by atoms with Gasteiger partial charge in [-0.3, -0.25) is 4.99 Å². The van der Waals surface area contributed by atoms with Crippen LogP contribution in [0.3, 0.4) is 0 Å². The molecule has 6 nitrogen and oxygen atoms in total. The Kier molecular flexibility index (Phi) is 9.33. The van der Waals surface area contributed by atoms with Gasteiger partial charge < -0.3 is 15.5 Å². The number of thiazole rings is 1. The predicted octanol–water partition coefficient (Wildman–Crippen LogP) is 4.14. The van der Waals surface area contributed by atoms with E-state index in [4.69, 9.17) is 4.98 Å². The molecule has 1 saturated heterocycles. The second-order valence-electron chi connectivity index (χ2n) is 8.72. The number of aliphatic imine (C=N–C) groups is 1. The van der Waals surface area contributed by atoms with Crippen molar-refractivity contribution in [1.82, 2.24) is 20.6 Å². The summed E-state index contributed by atoms with van der Waals surface area (Å²) >= 11 is 1.75. The molecule has 0 bridgehead atoms. The van der Waals surface area contributed by atoms with Gasteiger partial charge in [-0.05, 0) is 31.4 Å². The molecule has 2 aromatic rings. The zero-order valence-electron chi connectivity index (χ0n) is 18.7. The van der Waals surface area contributed by atoms with E-state index in [0.717, 1.165) is 50.7 Å². The highest BCUT2D eigenvalue weighted by Gasteiger charge is 2.21. The third kappa shape index (κ3) is 7.08. The van der Waals surface area contributed by atoms with Crippen LogP contribution >= 0.6 is 35.3 Å². The molecule has 30 heavy (non-hydrogen) atoms. The van der Waals surface area contributed by atoms with Crippen molar-refractivity contribution >= 4 is 47.1 Å². The fraction of sp³-hybridized carbons (Fsp3) is 0.591. The quantitative estimate of drug-likeness (QED) is 0.338. The Morgan fingerprint density at radius 1 is 1.27 bits per heavy atom. The Labute approximate surface area is 202 Å². The van der Waals surface area contributed by atoms with Crippen molar-refractivity contribution in [2.45, 2.75) is 58.4 Å². The van der Waals surface area contributed by atoms with E-state index in [9.17, 15) is 0 Å². The van der Waals surface area contributed by atoms with E-state index < -0.39 is 0 Å². The topological polar surface area (TPSA) is 65.4 Å². The van der Waals surface area contributed by atoms with Crippen molar-refractivity contribution in [1.29, 1.82) is 0 Å². The van der Waals surface area contributed by atoms with E-state index in [1.807, 2.05) is 13.2 Å². The number of halogens is 1. The first-order valence-corrected chi connectivity index (χ1v) is 11.3. The minimum Gasteiger partial charge on any atom is -0.356 e. The number of hydrogen-bond donors (Lipinski definition) is 2. The van der Waals surface area contributed by atoms with Crippen LogP contribution in [0.4, 0.5) is 5.82 Å². The second kappa shape index (κ2) is 11.3. The van der Waals surface area contributed by atoms with Gasteiger partial charge in [-0.2, -0.15) is 0 Å². The van der Waals surface area contributed by atoms with Crippen LogP contribution in [0.2, 0.25) is 0 Å². The molecular formula is C22H35IN6S. The summed E-state index contributed by atoms with van der Waals surface area (Å²) in [7, 11) is 1.84. The molecule has 0 amide bonds. The van der Waals surface area contributed by atoms with Gasteiger partial charge in [0.15, 0.2) is 5.96 Å². The SMILES string of the molecule is CN=C(NCCc1nc(C(C)(C)C)cs1)NC1CCN(c2ccc(C)cn2)CC1.I. The van der Waals surface area contributed by atoms with E-state index in [1.54, 1.807) is 11.3 Å². The van der Waals surface area contributed by atoms with Gasteiger partial charge in [-0.25, -0.2) is 9.97 Å². The van der Waals surface area contributed by atoms with Gasteiger partial charge in [0.05, 0.1) is 10.7 Å². The summed E-state index contributed by atoms with van der Waals surface area (Å²) in [6.45, 7) is 11.5. The smallest absolute Gasteiger partial charge is 0.191 e. The first kappa shape index (κ1) is 24.8. The third-order valence-electron chi connectivity index (χ3n) is 5.23. The zero-order valence-corrected chi connectivity index (χ0v) is 21.9. The lowest BCUT2D eigenvalue weighted by Gasteiger charge is -2.33. The molecule has 0 spiro atoms. The zero-order chi connectivity index (χ0) is 20.9. The predicted molar refractivity (Wildman–Crippen MR) is 139 cm³/mol. The third-order valence-corrected chi connectivity index (χ3v) is 6.14. The van der Waals surface area contributed by atoms with E-state index in [2.05, 4.69) is 70.7 Å². The molecular weight excluding hydrogens is 507 g/mol. The van der Waals surface area contributed by atoms with Crippen LogP contribution in [0.1, 0.15) is 49.9 Å². The summed E-state index contributed by atoms with van der Waals surface area (Å²) in [4.78, 5) is 16.1. The molecule has 0 atom stereocenters. The summed E-state index contributed by atoms with van der Waals surface area (Å²) in [5.74, 6) is 1.96. The lowest BCUT2D eigenvalue weighted by atomic mass is 9.93. The van der Waals surface area contributed by atoms with Crippen LogP contribution in [0.25, 0.3) is 0 Å². The molecule has 2 N–H and O–H groups in total. The Morgan fingerprint density at radius 2 is 2.00 bits per heavy atom. The fourth-order valence-electron chi connectivity index (χ4n) is 3.35. The van der Waals surface area contributed by atoms with Crippen LogP contribution < -0.4 is 15.5 Å².